The Morgan fingerprint density at radius 1 is 0.632 bits per heavy atom. The van der Waals surface area contributed by atoms with Crippen LogP contribution in [0.2, 0.25) is 0 Å². The summed E-state index contributed by atoms with van der Waals surface area (Å²) in [4.78, 5) is 28.3. The van der Waals surface area contributed by atoms with Crippen molar-refractivity contribution in [3.05, 3.63) is 0 Å². The first-order valence-electron chi connectivity index (χ1n) is 4.66. The molecule has 0 fully saturated rings. The molecule has 0 aliphatic carbocycles. The quantitative estimate of drug-likeness (QED) is 0.312. The van der Waals surface area contributed by atoms with Crippen LogP contribution in [0.4, 0.5) is 0 Å². The first-order chi connectivity index (χ1) is 7.93. The number of carbonyl (C=O) groups is 3. The van der Waals surface area contributed by atoms with Crippen LogP contribution >= 0.6 is 0 Å². The molecule has 0 spiro atoms. The van der Waals surface area contributed by atoms with Gasteiger partial charge in [-0.3, -0.25) is 0 Å². The summed E-state index contributed by atoms with van der Waals surface area (Å²) in [5.41, 5.74) is 0. The molecule has 9 nitrogen and oxygen atoms in total. The SMILES string of the molecule is CC(O)C(=O)O.CC(O)C(=O)O.CC(O)C(=O)O.[Eu]. The molecule has 0 aromatic heterocycles. The fourth-order valence-corrected chi connectivity index (χ4v) is 0. The van der Waals surface area contributed by atoms with E-state index in [1.54, 1.807) is 0 Å². The number of hydrogen-bond donors (Lipinski definition) is 6. The van der Waals surface area contributed by atoms with E-state index in [1.807, 2.05) is 0 Å². The molecule has 10 heteroatoms. The maximum atomic E-state index is 9.45. The number of carboxylic acids is 3. The van der Waals surface area contributed by atoms with Crippen molar-refractivity contribution in [2.75, 3.05) is 0 Å². The number of rotatable bonds is 3. The molecule has 115 valence electrons. The molecule has 0 aliphatic heterocycles. The minimum Gasteiger partial charge on any atom is -0.479 e. The molecule has 19 heavy (non-hydrogen) atoms. The van der Waals surface area contributed by atoms with Crippen molar-refractivity contribution in [3.63, 3.8) is 0 Å². The van der Waals surface area contributed by atoms with Crippen LogP contribution in [0.5, 0.6) is 0 Å². The molecule has 0 saturated heterocycles. The Bertz CT molecular complexity index is 220. The molecule has 3 unspecified atom stereocenters. The van der Waals surface area contributed by atoms with Crippen LogP contribution in [0.3, 0.4) is 0 Å². The number of aliphatic hydroxyl groups is 3. The van der Waals surface area contributed by atoms with Gasteiger partial charge in [-0.2, -0.15) is 0 Å². The van der Waals surface area contributed by atoms with Crippen LogP contribution in [0.1, 0.15) is 20.8 Å². The Hall–Kier alpha value is -0.126. The van der Waals surface area contributed by atoms with Crippen molar-refractivity contribution >= 4 is 17.9 Å². The van der Waals surface area contributed by atoms with Gasteiger partial charge in [0, 0.05) is 49.4 Å². The second kappa shape index (κ2) is 15.9. The van der Waals surface area contributed by atoms with Crippen molar-refractivity contribution in [3.8, 4) is 0 Å². The van der Waals surface area contributed by atoms with Gasteiger partial charge in [0.1, 0.15) is 18.3 Å². The predicted molar refractivity (Wildman–Crippen MR) is 57.9 cm³/mol. The van der Waals surface area contributed by atoms with Gasteiger partial charge in [-0.05, 0) is 20.8 Å². The summed E-state index contributed by atoms with van der Waals surface area (Å²) in [6, 6.07) is 0. The van der Waals surface area contributed by atoms with Crippen LogP contribution in [0.15, 0.2) is 0 Å². The molecular weight excluding hydrogens is 404 g/mol. The van der Waals surface area contributed by atoms with E-state index >= 15 is 0 Å². The normalized spacial score (nSPS) is 12.9. The minimum absolute atomic E-state index is 0. The van der Waals surface area contributed by atoms with Crippen LogP contribution in [-0.2, 0) is 14.4 Å². The van der Waals surface area contributed by atoms with Gasteiger partial charge in [-0.15, -0.1) is 0 Å². The monoisotopic (exact) mass is 423 g/mol. The minimum atomic E-state index is -1.23. The van der Waals surface area contributed by atoms with E-state index in [1.165, 1.54) is 20.8 Å². The van der Waals surface area contributed by atoms with E-state index in [4.69, 9.17) is 30.6 Å². The van der Waals surface area contributed by atoms with Gasteiger partial charge in [0.05, 0.1) is 0 Å². The van der Waals surface area contributed by atoms with Crippen LogP contribution in [-0.4, -0.2) is 66.9 Å². The molecule has 0 bridgehead atoms. The summed E-state index contributed by atoms with van der Waals surface area (Å²) in [6.07, 6.45) is -3.69. The van der Waals surface area contributed by atoms with Crippen LogP contribution < -0.4 is 0 Å². The Kier molecular flexibility index (Phi) is 22.9. The number of hydrogen-bond acceptors (Lipinski definition) is 6. The molecule has 0 aromatic carbocycles. The van der Waals surface area contributed by atoms with Crippen molar-refractivity contribution in [2.45, 2.75) is 39.1 Å². The third-order valence-electron chi connectivity index (χ3n) is 1.07. The fraction of sp³-hybridized carbons (Fsp3) is 0.667. The van der Waals surface area contributed by atoms with Gasteiger partial charge in [0.25, 0.3) is 0 Å². The van der Waals surface area contributed by atoms with E-state index in [0.29, 0.717) is 0 Å². The molecule has 6 N–H and O–H groups in total. The van der Waals surface area contributed by atoms with Gasteiger partial charge in [0.15, 0.2) is 0 Å². The first-order valence-corrected chi connectivity index (χ1v) is 4.66. The molecule has 0 rings (SSSR count). The second-order valence-corrected chi connectivity index (χ2v) is 3.04. The summed E-state index contributed by atoms with van der Waals surface area (Å²) in [5.74, 6) is -3.56. The zero-order valence-electron chi connectivity index (χ0n) is 10.5. The molecule has 0 saturated carbocycles. The van der Waals surface area contributed by atoms with Gasteiger partial charge in [-0.25, -0.2) is 14.4 Å². The van der Waals surface area contributed by atoms with Gasteiger partial charge >= 0.3 is 17.9 Å². The maximum Gasteiger partial charge on any atom is 0.332 e. The Morgan fingerprint density at radius 3 is 0.684 bits per heavy atom. The molecule has 0 aromatic rings. The zero-order valence-corrected chi connectivity index (χ0v) is 12.9. The summed E-state index contributed by atoms with van der Waals surface area (Å²) >= 11 is 0. The number of aliphatic carboxylic acids is 3. The topological polar surface area (TPSA) is 173 Å². The second-order valence-electron chi connectivity index (χ2n) is 3.04. The number of aliphatic hydroxyl groups excluding tert-OH is 3. The molecule has 3 atom stereocenters. The van der Waals surface area contributed by atoms with Crippen LogP contribution in [0.25, 0.3) is 0 Å². The third-order valence-corrected chi connectivity index (χ3v) is 1.07. The molecule has 0 heterocycles. The zero-order chi connectivity index (χ0) is 15.5. The fourth-order valence-electron chi connectivity index (χ4n) is 0. The number of carboxylic acid groups (broad SMARTS) is 3. The third kappa shape index (κ3) is 31.9. The summed E-state index contributed by atoms with van der Waals surface area (Å²) in [7, 11) is 0. The smallest absolute Gasteiger partial charge is 0.332 e. The van der Waals surface area contributed by atoms with E-state index in [9.17, 15) is 14.4 Å². The van der Waals surface area contributed by atoms with E-state index in [0.717, 1.165) is 0 Å². The molecule has 1 radical (unpaired) electrons. The Labute approximate surface area is 150 Å². The predicted octanol–water partition coefficient (Wildman–Crippen LogP) is -1.64. The molecular formula is C9H18EuO9. The standard InChI is InChI=1S/3C3H6O3.Eu/c3*1-2(4)3(5)6;/h3*2,4H,1H3,(H,5,6);. The van der Waals surface area contributed by atoms with Crippen LogP contribution in [0, 0.1) is 49.4 Å². The maximum absolute atomic E-state index is 9.45. The summed E-state index contributed by atoms with van der Waals surface area (Å²) < 4.78 is 0. The van der Waals surface area contributed by atoms with Crippen molar-refractivity contribution in [1.82, 2.24) is 0 Å². The van der Waals surface area contributed by atoms with Crippen molar-refractivity contribution < 1.29 is 94.4 Å². The van der Waals surface area contributed by atoms with Crippen molar-refractivity contribution in [1.29, 1.82) is 0 Å². The Balaban J connectivity index is -0.0000000865. The Morgan fingerprint density at radius 2 is 0.684 bits per heavy atom. The summed E-state index contributed by atoms with van der Waals surface area (Å²) in [5, 5.41) is 47.3. The van der Waals surface area contributed by atoms with Crippen molar-refractivity contribution in [2.24, 2.45) is 0 Å². The average Bonchev–Trinajstić information content (AvgIpc) is 2.18. The summed E-state index contributed by atoms with van der Waals surface area (Å²) in [6.45, 7) is 3.59. The average molecular weight is 422 g/mol. The van der Waals surface area contributed by atoms with Gasteiger partial charge in [0.2, 0.25) is 0 Å². The molecule has 0 amide bonds. The van der Waals surface area contributed by atoms with E-state index < -0.39 is 36.2 Å². The largest absolute Gasteiger partial charge is 0.479 e. The van der Waals surface area contributed by atoms with Gasteiger partial charge in [-0.1, -0.05) is 0 Å². The van der Waals surface area contributed by atoms with E-state index in [2.05, 4.69) is 0 Å². The first kappa shape index (κ1) is 27.3. The molecule has 0 aliphatic rings. The van der Waals surface area contributed by atoms with E-state index in [-0.39, 0.29) is 49.4 Å². The van der Waals surface area contributed by atoms with Gasteiger partial charge < -0.3 is 30.6 Å².